The van der Waals surface area contributed by atoms with Gasteiger partial charge in [-0.3, -0.25) is 4.79 Å². The third kappa shape index (κ3) is 3.21. The normalized spacial score (nSPS) is 21.9. The molecule has 1 saturated heterocycles. The van der Waals surface area contributed by atoms with E-state index in [9.17, 15) is 4.79 Å². The Morgan fingerprint density at radius 2 is 2.14 bits per heavy atom. The van der Waals surface area contributed by atoms with Gasteiger partial charge in [0.1, 0.15) is 11.5 Å². The van der Waals surface area contributed by atoms with E-state index in [0.29, 0.717) is 17.1 Å². The van der Waals surface area contributed by atoms with Gasteiger partial charge in [0.25, 0.3) is 0 Å². The first-order chi connectivity index (χ1) is 10.2. The number of ether oxygens (including phenoxy) is 2. The monoisotopic (exact) mass is 291 g/mol. The summed E-state index contributed by atoms with van der Waals surface area (Å²) >= 11 is 0. The highest BCUT2D eigenvalue weighted by molar-refractivity contribution is 6.03. The van der Waals surface area contributed by atoms with Gasteiger partial charge in [-0.15, -0.1) is 0 Å². The number of nitrogens with one attached hydrogen (secondary N) is 1. The Labute approximate surface area is 126 Å². The smallest absolute Gasteiger partial charge is 0.173 e. The Balaban J connectivity index is 2.36. The lowest BCUT2D eigenvalue weighted by Crippen LogP contribution is -2.45. The van der Waals surface area contributed by atoms with E-state index in [1.807, 2.05) is 12.1 Å². The number of Topliss-reactive ketones (excluding diaryl/α,β-unsaturated/α-hetero) is 1. The van der Waals surface area contributed by atoms with E-state index in [4.69, 9.17) is 9.47 Å². The Morgan fingerprint density at radius 1 is 1.33 bits per heavy atom. The molecule has 21 heavy (non-hydrogen) atoms. The maximum atomic E-state index is 13.1. The van der Waals surface area contributed by atoms with E-state index < -0.39 is 0 Å². The molecule has 0 amide bonds. The van der Waals surface area contributed by atoms with E-state index in [1.54, 1.807) is 20.3 Å². The van der Waals surface area contributed by atoms with Crippen LogP contribution in [0.2, 0.25) is 0 Å². The molecular weight excluding hydrogens is 266 g/mol. The Morgan fingerprint density at radius 3 is 2.71 bits per heavy atom. The number of methoxy groups -OCH3 is 2. The fourth-order valence-electron chi connectivity index (χ4n) is 3.24. The molecule has 0 aromatic heterocycles. The summed E-state index contributed by atoms with van der Waals surface area (Å²) in [4.78, 5) is 13.1. The Kier molecular flexibility index (Phi) is 5.23. The summed E-state index contributed by atoms with van der Waals surface area (Å²) in [6.07, 6.45) is 3.91. The zero-order valence-electron chi connectivity index (χ0n) is 13.2. The zero-order chi connectivity index (χ0) is 15.3. The fourth-order valence-corrected chi connectivity index (χ4v) is 3.24. The second-order valence-corrected chi connectivity index (χ2v) is 5.71. The number of hydrogen-bond acceptors (Lipinski definition) is 4. The van der Waals surface area contributed by atoms with Crippen LogP contribution in [0.4, 0.5) is 0 Å². The van der Waals surface area contributed by atoms with Crippen molar-refractivity contribution in [1.29, 1.82) is 0 Å². The molecule has 1 aromatic rings. The van der Waals surface area contributed by atoms with E-state index in [-0.39, 0.29) is 11.2 Å². The molecule has 0 saturated carbocycles. The molecular formula is C17H25NO3. The number of carbonyl (C=O) groups is 1. The van der Waals surface area contributed by atoms with Crippen LogP contribution in [0.5, 0.6) is 11.5 Å². The number of piperidine rings is 1. The molecule has 1 aliphatic rings. The molecule has 1 atom stereocenters. The number of carbonyl (C=O) groups excluding carboxylic acids is 1. The van der Waals surface area contributed by atoms with Crippen LogP contribution in [0.3, 0.4) is 0 Å². The minimum absolute atomic E-state index is 0.191. The highest BCUT2D eigenvalue weighted by Crippen LogP contribution is 2.38. The first-order valence-electron chi connectivity index (χ1n) is 7.64. The number of hydrogen-bond donors (Lipinski definition) is 1. The van der Waals surface area contributed by atoms with Crippen LogP contribution in [0.25, 0.3) is 0 Å². The third-order valence-corrected chi connectivity index (χ3v) is 4.34. The molecule has 4 heteroatoms. The summed E-state index contributed by atoms with van der Waals surface area (Å²) in [6.45, 7) is 3.89. The van der Waals surface area contributed by atoms with Crippen LogP contribution in [0.1, 0.15) is 43.0 Å². The largest absolute Gasteiger partial charge is 0.497 e. The van der Waals surface area contributed by atoms with Crippen LogP contribution < -0.4 is 14.8 Å². The van der Waals surface area contributed by atoms with Crippen molar-refractivity contribution in [2.75, 3.05) is 27.3 Å². The first kappa shape index (κ1) is 15.8. The van der Waals surface area contributed by atoms with Gasteiger partial charge in [-0.1, -0.05) is 13.3 Å². The quantitative estimate of drug-likeness (QED) is 0.818. The Bertz CT molecular complexity index is 487. The van der Waals surface area contributed by atoms with Crippen molar-refractivity contribution < 1.29 is 14.3 Å². The van der Waals surface area contributed by atoms with E-state index in [2.05, 4.69) is 12.2 Å². The molecule has 1 N–H and O–H groups in total. The van der Waals surface area contributed by atoms with Gasteiger partial charge in [0, 0.05) is 18.0 Å². The first-order valence-corrected chi connectivity index (χ1v) is 7.64. The summed E-state index contributed by atoms with van der Waals surface area (Å²) in [6, 6.07) is 5.43. The van der Waals surface area contributed by atoms with Crippen LogP contribution in [-0.2, 0) is 0 Å². The second-order valence-electron chi connectivity index (χ2n) is 5.71. The second kappa shape index (κ2) is 6.94. The third-order valence-electron chi connectivity index (χ3n) is 4.34. The molecule has 0 spiro atoms. The zero-order valence-corrected chi connectivity index (χ0v) is 13.2. The van der Waals surface area contributed by atoms with Crippen LogP contribution in [0.15, 0.2) is 18.2 Å². The molecule has 1 heterocycles. The highest BCUT2D eigenvalue weighted by atomic mass is 16.5. The van der Waals surface area contributed by atoms with Gasteiger partial charge in [-0.05, 0) is 37.9 Å². The molecule has 2 rings (SSSR count). The molecule has 1 unspecified atom stereocenters. The van der Waals surface area contributed by atoms with Gasteiger partial charge in [-0.2, -0.15) is 0 Å². The van der Waals surface area contributed by atoms with Gasteiger partial charge in [0.05, 0.1) is 19.8 Å². The minimum Gasteiger partial charge on any atom is -0.497 e. The molecule has 4 nitrogen and oxygen atoms in total. The number of benzene rings is 1. The van der Waals surface area contributed by atoms with Crippen molar-refractivity contribution >= 4 is 5.78 Å². The maximum absolute atomic E-state index is 13.1. The topological polar surface area (TPSA) is 47.6 Å². The summed E-state index contributed by atoms with van der Waals surface area (Å²) in [5, 5.41) is 3.38. The Hall–Kier alpha value is -1.55. The van der Waals surface area contributed by atoms with Crippen molar-refractivity contribution in [2.45, 2.75) is 32.6 Å². The van der Waals surface area contributed by atoms with Crippen molar-refractivity contribution in [3.05, 3.63) is 23.8 Å². The summed E-state index contributed by atoms with van der Waals surface area (Å²) < 4.78 is 10.6. The maximum Gasteiger partial charge on any atom is 0.173 e. The van der Waals surface area contributed by atoms with Crippen LogP contribution in [-0.4, -0.2) is 33.1 Å². The molecule has 0 radical (unpaired) electrons. The average molecular weight is 291 g/mol. The lowest BCUT2D eigenvalue weighted by molar-refractivity contribution is 0.0714. The number of ketones is 1. The predicted molar refractivity (Wildman–Crippen MR) is 83.3 cm³/mol. The minimum atomic E-state index is -0.297. The summed E-state index contributed by atoms with van der Waals surface area (Å²) in [7, 11) is 3.21. The molecule has 1 aromatic carbocycles. The highest BCUT2D eigenvalue weighted by Gasteiger charge is 2.40. The molecule has 0 bridgehead atoms. The van der Waals surface area contributed by atoms with Crippen LogP contribution >= 0.6 is 0 Å². The van der Waals surface area contributed by atoms with Crippen molar-refractivity contribution in [1.82, 2.24) is 5.32 Å². The van der Waals surface area contributed by atoms with E-state index in [0.717, 1.165) is 38.8 Å². The standard InChI is InChI=1S/C17H25NO3/c1-4-8-17(9-5-10-18-12-17)16(19)14-7-6-13(20-2)11-15(14)21-3/h6-7,11,18H,4-5,8-10,12H2,1-3H3. The van der Waals surface area contributed by atoms with Gasteiger partial charge >= 0.3 is 0 Å². The van der Waals surface area contributed by atoms with Crippen molar-refractivity contribution in [2.24, 2.45) is 5.41 Å². The summed E-state index contributed by atoms with van der Waals surface area (Å²) in [5.41, 5.74) is 0.366. The van der Waals surface area contributed by atoms with Gasteiger partial charge in [0.2, 0.25) is 0 Å². The summed E-state index contributed by atoms with van der Waals surface area (Å²) in [5.74, 6) is 1.49. The van der Waals surface area contributed by atoms with Gasteiger partial charge in [0.15, 0.2) is 5.78 Å². The SMILES string of the molecule is CCCC1(C(=O)c2ccc(OC)cc2OC)CCCNC1. The molecule has 0 aliphatic carbocycles. The van der Waals surface area contributed by atoms with Gasteiger partial charge < -0.3 is 14.8 Å². The van der Waals surface area contributed by atoms with Crippen LogP contribution in [0, 0.1) is 5.41 Å². The number of rotatable bonds is 6. The predicted octanol–water partition coefficient (Wildman–Crippen LogP) is 3.06. The van der Waals surface area contributed by atoms with E-state index in [1.165, 1.54) is 0 Å². The molecule has 1 aliphatic heterocycles. The molecule has 116 valence electrons. The average Bonchev–Trinajstić information content (AvgIpc) is 2.54. The van der Waals surface area contributed by atoms with Crippen molar-refractivity contribution in [3.8, 4) is 11.5 Å². The molecule has 1 fully saturated rings. The van der Waals surface area contributed by atoms with Crippen molar-refractivity contribution in [3.63, 3.8) is 0 Å². The lowest BCUT2D eigenvalue weighted by Gasteiger charge is -2.36. The van der Waals surface area contributed by atoms with E-state index >= 15 is 0 Å². The fraction of sp³-hybridized carbons (Fsp3) is 0.588. The lowest BCUT2D eigenvalue weighted by atomic mass is 9.71. The van der Waals surface area contributed by atoms with Gasteiger partial charge in [-0.25, -0.2) is 0 Å².